The minimum Gasteiger partial charge on any atom is -0.395 e. The Hall–Kier alpha value is -1.74. The molecule has 0 atom stereocenters. The van der Waals surface area contributed by atoms with Crippen LogP contribution in [-0.2, 0) is 0 Å². The largest absolute Gasteiger partial charge is 0.395 e. The molecule has 0 saturated carbocycles. The van der Waals surface area contributed by atoms with Crippen molar-refractivity contribution >= 4 is 5.69 Å². The zero-order valence-corrected chi connectivity index (χ0v) is 10.3. The summed E-state index contributed by atoms with van der Waals surface area (Å²) in [6, 6.07) is 10.1. The van der Waals surface area contributed by atoms with Crippen LogP contribution in [0.15, 0.2) is 54.9 Å². The van der Waals surface area contributed by atoms with Crippen LogP contribution in [0.4, 0.5) is 5.69 Å². The van der Waals surface area contributed by atoms with E-state index < -0.39 is 0 Å². The van der Waals surface area contributed by atoms with Crippen LogP contribution in [0.5, 0.6) is 0 Å². The predicted octanol–water partition coefficient (Wildman–Crippen LogP) is 2.12. The van der Waals surface area contributed by atoms with Crippen molar-refractivity contribution in [2.75, 3.05) is 24.6 Å². The SMILES string of the molecule is C=CN/C(=C\C)CN(CCO)c1ccccc1. The van der Waals surface area contributed by atoms with Crippen LogP contribution in [0.2, 0.25) is 0 Å². The second-order valence-electron chi connectivity index (χ2n) is 3.64. The highest BCUT2D eigenvalue weighted by Gasteiger charge is 2.06. The molecule has 0 saturated heterocycles. The van der Waals surface area contributed by atoms with E-state index in [9.17, 15) is 0 Å². The summed E-state index contributed by atoms with van der Waals surface area (Å²) < 4.78 is 0. The molecule has 3 nitrogen and oxygen atoms in total. The molecule has 0 spiro atoms. The quantitative estimate of drug-likeness (QED) is 0.756. The number of hydrogen-bond donors (Lipinski definition) is 2. The molecule has 0 aliphatic heterocycles. The van der Waals surface area contributed by atoms with Crippen molar-refractivity contribution in [2.24, 2.45) is 0 Å². The lowest BCUT2D eigenvalue weighted by Crippen LogP contribution is -2.31. The molecule has 0 fully saturated rings. The number of benzene rings is 1. The number of anilines is 1. The van der Waals surface area contributed by atoms with Gasteiger partial charge in [0.2, 0.25) is 0 Å². The lowest BCUT2D eigenvalue weighted by atomic mass is 10.2. The highest BCUT2D eigenvalue weighted by Crippen LogP contribution is 2.13. The number of nitrogens with one attached hydrogen (secondary N) is 1. The molecular weight excluding hydrogens is 212 g/mol. The summed E-state index contributed by atoms with van der Waals surface area (Å²) >= 11 is 0. The Labute approximate surface area is 103 Å². The molecule has 0 aliphatic rings. The Kier molecular flexibility index (Phi) is 5.89. The van der Waals surface area contributed by atoms with Crippen molar-refractivity contribution in [3.05, 3.63) is 54.9 Å². The van der Waals surface area contributed by atoms with E-state index in [0.717, 1.165) is 17.9 Å². The van der Waals surface area contributed by atoms with E-state index in [4.69, 9.17) is 5.11 Å². The lowest BCUT2D eigenvalue weighted by Gasteiger charge is -2.25. The minimum absolute atomic E-state index is 0.139. The van der Waals surface area contributed by atoms with E-state index in [2.05, 4.69) is 16.8 Å². The van der Waals surface area contributed by atoms with Crippen molar-refractivity contribution in [3.63, 3.8) is 0 Å². The van der Waals surface area contributed by atoms with Gasteiger partial charge in [-0.1, -0.05) is 30.9 Å². The van der Waals surface area contributed by atoms with Crippen molar-refractivity contribution in [1.29, 1.82) is 0 Å². The maximum Gasteiger partial charge on any atom is 0.0606 e. The molecule has 0 aliphatic carbocycles. The molecule has 1 rings (SSSR count). The third-order valence-electron chi connectivity index (χ3n) is 2.49. The van der Waals surface area contributed by atoms with Crippen LogP contribution in [0, 0.1) is 0 Å². The molecule has 1 aromatic rings. The number of para-hydroxylation sites is 1. The lowest BCUT2D eigenvalue weighted by molar-refractivity contribution is 0.302. The summed E-state index contributed by atoms with van der Waals surface area (Å²) in [6.07, 6.45) is 3.67. The van der Waals surface area contributed by atoms with E-state index >= 15 is 0 Å². The fourth-order valence-electron chi connectivity index (χ4n) is 1.62. The molecule has 2 N–H and O–H groups in total. The van der Waals surface area contributed by atoms with Crippen LogP contribution in [0.3, 0.4) is 0 Å². The number of aliphatic hydroxyl groups excluding tert-OH is 1. The Bertz CT molecular complexity index is 360. The maximum atomic E-state index is 9.11. The van der Waals surface area contributed by atoms with Gasteiger partial charge in [-0.2, -0.15) is 0 Å². The van der Waals surface area contributed by atoms with Crippen LogP contribution >= 0.6 is 0 Å². The molecule has 0 radical (unpaired) electrons. The topological polar surface area (TPSA) is 35.5 Å². The van der Waals surface area contributed by atoms with Gasteiger partial charge in [0.05, 0.1) is 13.2 Å². The van der Waals surface area contributed by atoms with Gasteiger partial charge in [-0.3, -0.25) is 0 Å². The van der Waals surface area contributed by atoms with Crippen molar-refractivity contribution in [1.82, 2.24) is 5.32 Å². The van der Waals surface area contributed by atoms with E-state index in [1.165, 1.54) is 0 Å². The fraction of sp³-hybridized carbons (Fsp3) is 0.286. The molecule has 0 aromatic heterocycles. The Morgan fingerprint density at radius 3 is 2.65 bits per heavy atom. The van der Waals surface area contributed by atoms with Gasteiger partial charge in [-0.25, -0.2) is 0 Å². The molecule has 0 amide bonds. The first kappa shape index (κ1) is 13.3. The summed E-state index contributed by atoms with van der Waals surface area (Å²) in [5, 5.41) is 12.2. The molecule has 92 valence electrons. The second kappa shape index (κ2) is 7.52. The first-order chi connectivity index (χ1) is 8.31. The zero-order valence-electron chi connectivity index (χ0n) is 10.3. The monoisotopic (exact) mass is 232 g/mol. The van der Waals surface area contributed by atoms with Gasteiger partial charge in [0.25, 0.3) is 0 Å². The van der Waals surface area contributed by atoms with Gasteiger partial charge in [0.15, 0.2) is 0 Å². The van der Waals surface area contributed by atoms with Crippen LogP contribution in [0.1, 0.15) is 6.92 Å². The standard InChI is InChI=1S/C14H20N2O/c1-3-13(15-4-2)12-16(10-11-17)14-8-6-5-7-9-14/h3-9,15,17H,2,10-12H2,1H3/b13-3-. The molecular formula is C14H20N2O. The highest BCUT2D eigenvalue weighted by molar-refractivity contribution is 5.47. The number of allylic oxidation sites excluding steroid dienone is 1. The van der Waals surface area contributed by atoms with Gasteiger partial charge in [0, 0.05) is 17.9 Å². The van der Waals surface area contributed by atoms with Crippen molar-refractivity contribution in [2.45, 2.75) is 6.92 Å². The molecule has 1 aromatic carbocycles. The summed E-state index contributed by atoms with van der Waals surface area (Å²) in [6.45, 7) is 7.11. The van der Waals surface area contributed by atoms with Gasteiger partial charge >= 0.3 is 0 Å². The molecule has 0 bridgehead atoms. The number of hydrogen-bond acceptors (Lipinski definition) is 3. The van der Waals surface area contributed by atoms with Gasteiger partial charge in [0.1, 0.15) is 0 Å². The third-order valence-corrected chi connectivity index (χ3v) is 2.49. The Balaban J connectivity index is 2.76. The summed E-state index contributed by atoms with van der Waals surface area (Å²) in [7, 11) is 0. The van der Waals surface area contributed by atoms with Crippen molar-refractivity contribution in [3.8, 4) is 0 Å². The Morgan fingerprint density at radius 2 is 2.12 bits per heavy atom. The minimum atomic E-state index is 0.139. The third kappa shape index (κ3) is 4.33. The zero-order chi connectivity index (χ0) is 12.5. The number of nitrogens with zero attached hydrogens (tertiary/aromatic N) is 1. The normalized spacial score (nSPS) is 11.1. The van der Waals surface area contributed by atoms with Crippen LogP contribution in [-0.4, -0.2) is 24.8 Å². The molecule has 3 heteroatoms. The first-order valence-electron chi connectivity index (χ1n) is 5.75. The summed E-state index contributed by atoms with van der Waals surface area (Å²) in [4.78, 5) is 2.12. The molecule has 0 unspecified atom stereocenters. The predicted molar refractivity (Wildman–Crippen MR) is 72.8 cm³/mol. The smallest absolute Gasteiger partial charge is 0.0606 e. The second-order valence-corrected chi connectivity index (χ2v) is 3.64. The van der Waals surface area contributed by atoms with E-state index in [0.29, 0.717) is 6.54 Å². The van der Waals surface area contributed by atoms with E-state index in [-0.39, 0.29) is 6.61 Å². The van der Waals surface area contributed by atoms with E-state index in [1.807, 2.05) is 43.3 Å². The number of rotatable bonds is 7. The van der Waals surface area contributed by atoms with E-state index in [1.54, 1.807) is 6.20 Å². The van der Waals surface area contributed by atoms with Crippen LogP contribution in [0.25, 0.3) is 0 Å². The summed E-state index contributed by atoms with van der Waals surface area (Å²) in [5.74, 6) is 0. The molecule has 0 heterocycles. The first-order valence-corrected chi connectivity index (χ1v) is 5.75. The maximum absolute atomic E-state index is 9.11. The van der Waals surface area contributed by atoms with Gasteiger partial charge < -0.3 is 15.3 Å². The number of aliphatic hydroxyl groups is 1. The average molecular weight is 232 g/mol. The summed E-state index contributed by atoms with van der Waals surface area (Å²) in [5.41, 5.74) is 2.17. The average Bonchev–Trinajstić information content (AvgIpc) is 2.38. The van der Waals surface area contributed by atoms with Crippen LogP contribution < -0.4 is 10.2 Å². The van der Waals surface area contributed by atoms with Gasteiger partial charge in [-0.05, 0) is 25.3 Å². The highest BCUT2D eigenvalue weighted by atomic mass is 16.3. The molecule has 17 heavy (non-hydrogen) atoms. The van der Waals surface area contributed by atoms with Crippen molar-refractivity contribution < 1.29 is 5.11 Å². The fourth-order valence-corrected chi connectivity index (χ4v) is 1.62. The van der Waals surface area contributed by atoms with Gasteiger partial charge in [-0.15, -0.1) is 0 Å². The Morgan fingerprint density at radius 1 is 1.41 bits per heavy atom.